The maximum Gasteiger partial charge on any atom is 0.180 e. The van der Waals surface area contributed by atoms with Gasteiger partial charge in [-0.2, -0.15) is 0 Å². The molecule has 0 amide bonds. The van der Waals surface area contributed by atoms with E-state index in [1.165, 1.54) is 6.82 Å². The summed E-state index contributed by atoms with van der Waals surface area (Å²) in [7, 11) is -1.14. The quantitative estimate of drug-likeness (QED) is 0.789. The van der Waals surface area contributed by atoms with Crippen LogP contribution in [-0.4, -0.2) is 12.2 Å². The van der Waals surface area contributed by atoms with Gasteiger partial charge in [-0.1, -0.05) is 43.2 Å². The van der Waals surface area contributed by atoms with E-state index in [1.807, 2.05) is 36.4 Å². The van der Waals surface area contributed by atoms with E-state index in [2.05, 4.69) is 0 Å². The Hall–Kier alpha value is -1.36. The lowest BCUT2D eigenvalue weighted by atomic mass is 9.94. The zero-order valence-corrected chi connectivity index (χ0v) is 9.46. The molecule has 2 atom stereocenters. The minimum atomic E-state index is -1.14. The van der Waals surface area contributed by atoms with Crippen molar-refractivity contribution in [3.8, 4) is 0 Å². The van der Waals surface area contributed by atoms with Crippen LogP contribution in [0.1, 0.15) is 23.3 Å². The second kappa shape index (κ2) is 3.84. The molecule has 0 aromatic heterocycles. The largest absolute Gasteiger partial charge is 0.856 e. The third-order valence-electron chi connectivity index (χ3n) is 3.22. The molecule has 3 nitrogen and oxygen atoms in total. The highest BCUT2D eigenvalue weighted by Crippen LogP contribution is 2.45. The Bertz CT molecular complexity index is 562. The van der Waals surface area contributed by atoms with E-state index in [4.69, 9.17) is 4.65 Å². The standard InChI is InChI=1S/C13H12BO3/c1-14(16)17-13-10-7-3-5-8-4-2-6-9(11(8)10)12(13)15/h2-7,12-13,15H,1H3/q-1/t12-,13+/m1/s1. The minimum absolute atomic E-state index is 0.538. The first-order valence-electron chi connectivity index (χ1n) is 5.69. The van der Waals surface area contributed by atoms with Crippen molar-refractivity contribution in [3.05, 3.63) is 47.5 Å². The van der Waals surface area contributed by atoms with Gasteiger partial charge in [0.05, 0.1) is 6.10 Å². The highest BCUT2D eigenvalue weighted by Gasteiger charge is 2.33. The molecule has 0 radical (unpaired) electrons. The summed E-state index contributed by atoms with van der Waals surface area (Å²) in [4.78, 5) is 0. The number of hydrogen-bond donors (Lipinski definition) is 1. The monoisotopic (exact) mass is 227 g/mol. The van der Waals surface area contributed by atoms with E-state index in [0.717, 1.165) is 21.9 Å². The van der Waals surface area contributed by atoms with Gasteiger partial charge in [0.25, 0.3) is 0 Å². The average Bonchev–Trinajstić information content (AvgIpc) is 2.57. The first kappa shape index (κ1) is 10.8. The van der Waals surface area contributed by atoms with Crippen molar-refractivity contribution < 1.29 is 14.8 Å². The molecule has 0 heterocycles. The molecule has 1 N–H and O–H groups in total. The van der Waals surface area contributed by atoms with Gasteiger partial charge in [-0.3, -0.25) is 0 Å². The van der Waals surface area contributed by atoms with Gasteiger partial charge >= 0.3 is 0 Å². The van der Waals surface area contributed by atoms with Gasteiger partial charge in [-0.25, -0.2) is 0 Å². The Morgan fingerprint density at radius 2 is 1.82 bits per heavy atom. The van der Waals surface area contributed by atoms with Crippen LogP contribution in [0.4, 0.5) is 0 Å². The molecule has 0 aliphatic heterocycles. The van der Waals surface area contributed by atoms with Crippen LogP contribution in [0.15, 0.2) is 36.4 Å². The second-order valence-corrected chi connectivity index (χ2v) is 4.36. The molecule has 3 rings (SSSR count). The molecule has 2 aromatic rings. The summed E-state index contributed by atoms with van der Waals surface area (Å²) in [5.41, 5.74) is 1.76. The van der Waals surface area contributed by atoms with Crippen molar-refractivity contribution in [2.75, 3.05) is 0 Å². The molecule has 2 aromatic carbocycles. The van der Waals surface area contributed by atoms with Crippen molar-refractivity contribution in [2.24, 2.45) is 0 Å². The number of aliphatic hydroxyl groups excluding tert-OH is 1. The van der Waals surface area contributed by atoms with Gasteiger partial charge in [-0.15, -0.1) is 0 Å². The minimum Gasteiger partial charge on any atom is -0.856 e. The summed E-state index contributed by atoms with van der Waals surface area (Å²) < 4.78 is 5.29. The van der Waals surface area contributed by atoms with Crippen molar-refractivity contribution in [1.82, 2.24) is 0 Å². The van der Waals surface area contributed by atoms with Crippen molar-refractivity contribution in [1.29, 1.82) is 0 Å². The van der Waals surface area contributed by atoms with Gasteiger partial charge in [0.15, 0.2) is 7.12 Å². The summed E-state index contributed by atoms with van der Waals surface area (Å²) in [6, 6.07) is 11.6. The van der Waals surface area contributed by atoms with Crippen LogP contribution >= 0.6 is 0 Å². The average molecular weight is 227 g/mol. The lowest BCUT2D eigenvalue weighted by Crippen LogP contribution is -2.32. The normalized spacial score (nSPS) is 22.1. The van der Waals surface area contributed by atoms with Crippen LogP contribution in [-0.2, 0) is 4.65 Å². The van der Waals surface area contributed by atoms with Crippen molar-refractivity contribution in [3.63, 3.8) is 0 Å². The number of hydrogen-bond acceptors (Lipinski definition) is 3. The zero-order chi connectivity index (χ0) is 12.0. The highest BCUT2D eigenvalue weighted by molar-refractivity contribution is 6.38. The fourth-order valence-electron chi connectivity index (χ4n) is 2.57. The first-order valence-corrected chi connectivity index (χ1v) is 5.69. The van der Waals surface area contributed by atoms with Crippen molar-refractivity contribution in [2.45, 2.75) is 19.0 Å². The van der Waals surface area contributed by atoms with E-state index in [0.29, 0.717) is 0 Å². The van der Waals surface area contributed by atoms with E-state index >= 15 is 0 Å². The van der Waals surface area contributed by atoms with Crippen molar-refractivity contribution >= 4 is 17.9 Å². The van der Waals surface area contributed by atoms with Gasteiger partial charge in [-0.05, 0) is 21.9 Å². The highest BCUT2D eigenvalue weighted by atomic mass is 16.5. The molecule has 0 spiro atoms. The number of rotatable bonds is 2. The van der Waals surface area contributed by atoms with Crippen LogP contribution in [0, 0.1) is 0 Å². The zero-order valence-electron chi connectivity index (χ0n) is 9.46. The fourth-order valence-corrected chi connectivity index (χ4v) is 2.57. The van der Waals surface area contributed by atoms with Crippen LogP contribution in [0.2, 0.25) is 6.82 Å². The molecule has 17 heavy (non-hydrogen) atoms. The SMILES string of the molecule is CB([O-])O[C@H]1c2cccc3cccc(c23)[C@H]1O. The summed E-state index contributed by atoms with van der Waals surface area (Å²) in [6.07, 6.45) is -1.28. The van der Waals surface area contributed by atoms with Crippen LogP contribution < -0.4 is 5.02 Å². The molecule has 0 saturated carbocycles. The first-order chi connectivity index (χ1) is 8.18. The maximum atomic E-state index is 11.2. The number of benzene rings is 2. The Balaban J connectivity index is 2.20. The van der Waals surface area contributed by atoms with E-state index in [-0.39, 0.29) is 0 Å². The third-order valence-corrected chi connectivity index (χ3v) is 3.22. The van der Waals surface area contributed by atoms with E-state index < -0.39 is 19.3 Å². The third kappa shape index (κ3) is 1.57. The molecule has 0 bridgehead atoms. The molecule has 1 aliphatic rings. The van der Waals surface area contributed by atoms with E-state index in [9.17, 15) is 10.1 Å². The van der Waals surface area contributed by atoms with Gasteiger partial charge < -0.3 is 14.8 Å². The molecule has 0 saturated heterocycles. The molecule has 1 aliphatic carbocycles. The Labute approximate surface area is 99.8 Å². The Morgan fingerprint density at radius 3 is 2.47 bits per heavy atom. The summed E-state index contributed by atoms with van der Waals surface area (Å²) >= 11 is 0. The topological polar surface area (TPSA) is 52.5 Å². The van der Waals surface area contributed by atoms with Crippen LogP contribution in [0.5, 0.6) is 0 Å². The predicted octanol–water partition coefficient (Wildman–Crippen LogP) is 1.42. The van der Waals surface area contributed by atoms with E-state index in [1.54, 1.807) is 0 Å². The summed E-state index contributed by atoms with van der Waals surface area (Å²) in [6.45, 7) is 1.44. The molecule has 0 unspecified atom stereocenters. The predicted molar refractivity (Wildman–Crippen MR) is 64.4 cm³/mol. The molecular formula is C13H12BO3-. The molecular weight excluding hydrogens is 215 g/mol. The second-order valence-electron chi connectivity index (χ2n) is 4.36. The lowest BCUT2D eigenvalue weighted by molar-refractivity contribution is -0.228. The van der Waals surface area contributed by atoms with Crippen LogP contribution in [0.25, 0.3) is 10.8 Å². The van der Waals surface area contributed by atoms with Crippen LogP contribution in [0.3, 0.4) is 0 Å². The molecule has 86 valence electrons. The number of aliphatic hydroxyl groups is 1. The molecule has 0 fully saturated rings. The molecule has 4 heteroatoms. The smallest absolute Gasteiger partial charge is 0.180 e. The van der Waals surface area contributed by atoms with Gasteiger partial charge in [0.2, 0.25) is 0 Å². The van der Waals surface area contributed by atoms with Gasteiger partial charge in [0.1, 0.15) is 6.10 Å². The van der Waals surface area contributed by atoms with Gasteiger partial charge in [0, 0.05) is 0 Å². The lowest BCUT2D eigenvalue weighted by Gasteiger charge is -2.24. The Morgan fingerprint density at radius 1 is 1.18 bits per heavy atom. The maximum absolute atomic E-state index is 11.2. The fraction of sp³-hybridized carbons (Fsp3) is 0.231. The summed E-state index contributed by atoms with van der Waals surface area (Å²) in [5.74, 6) is 0. The summed E-state index contributed by atoms with van der Waals surface area (Å²) in [5, 5.41) is 23.5. The Kier molecular flexibility index (Phi) is 2.43.